The van der Waals surface area contributed by atoms with Crippen LogP contribution in [-0.2, 0) is 19.2 Å². The predicted molar refractivity (Wildman–Crippen MR) is 60.2 cm³/mol. The van der Waals surface area contributed by atoms with Gasteiger partial charge < -0.3 is 20.6 Å². The average Bonchev–Trinajstić information content (AvgIpc) is 2.62. The van der Waals surface area contributed by atoms with Gasteiger partial charge in [-0.2, -0.15) is 0 Å². The molecule has 0 aromatic heterocycles. The number of ketones is 1. The van der Waals surface area contributed by atoms with E-state index in [2.05, 4.69) is 5.32 Å². The topological polar surface area (TPSA) is 141 Å². The van der Waals surface area contributed by atoms with Crippen molar-refractivity contribution >= 4 is 23.6 Å². The van der Waals surface area contributed by atoms with Crippen LogP contribution in [-0.4, -0.2) is 50.6 Å². The van der Waals surface area contributed by atoms with Gasteiger partial charge in [-0.1, -0.05) is 0 Å². The van der Waals surface area contributed by atoms with E-state index in [4.69, 9.17) is 10.2 Å². The molecule has 0 heterocycles. The molecular formula is C11H15NO7. The first-order chi connectivity index (χ1) is 8.74. The van der Waals surface area contributed by atoms with Crippen LogP contribution in [0.1, 0.15) is 32.1 Å². The molecule has 1 rings (SSSR count). The summed E-state index contributed by atoms with van der Waals surface area (Å²) in [5.74, 6) is -4.32. The van der Waals surface area contributed by atoms with Crippen LogP contribution in [0.15, 0.2) is 0 Å². The van der Waals surface area contributed by atoms with Crippen molar-refractivity contribution in [1.82, 2.24) is 5.32 Å². The lowest BCUT2D eigenvalue weighted by Crippen LogP contribution is -2.47. The maximum absolute atomic E-state index is 11.6. The second-order valence-electron chi connectivity index (χ2n) is 4.56. The number of amides is 1. The van der Waals surface area contributed by atoms with Gasteiger partial charge in [-0.25, -0.2) is 4.79 Å². The molecule has 1 fully saturated rings. The van der Waals surface area contributed by atoms with E-state index < -0.39 is 42.3 Å². The molecule has 2 atom stereocenters. The molecule has 0 bridgehead atoms. The molecule has 0 aliphatic heterocycles. The van der Waals surface area contributed by atoms with Gasteiger partial charge in [-0.15, -0.1) is 0 Å². The maximum atomic E-state index is 11.6. The lowest BCUT2D eigenvalue weighted by molar-refractivity contribution is -0.167. The number of hydrogen-bond acceptors (Lipinski definition) is 5. The van der Waals surface area contributed by atoms with E-state index in [1.807, 2.05) is 0 Å². The highest BCUT2D eigenvalue weighted by Crippen LogP contribution is 2.18. The molecule has 0 aromatic rings. The van der Waals surface area contributed by atoms with Crippen LogP contribution < -0.4 is 5.32 Å². The molecule has 1 aliphatic carbocycles. The molecular weight excluding hydrogens is 258 g/mol. The Bertz CT molecular complexity index is 419. The Hall–Kier alpha value is -1.96. The first kappa shape index (κ1) is 15.1. The fourth-order valence-electron chi connectivity index (χ4n) is 1.94. The monoisotopic (exact) mass is 273 g/mol. The molecule has 0 saturated heterocycles. The fourth-order valence-corrected chi connectivity index (χ4v) is 1.94. The van der Waals surface area contributed by atoms with E-state index in [9.17, 15) is 24.3 Å². The number of carbonyl (C=O) groups excluding carboxylic acids is 2. The Morgan fingerprint density at radius 2 is 1.89 bits per heavy atom. The third-order valence-electron chi connectivity index (χ3n) is 2.93. The first-order valence-electron chi connectivity index (χ1n) is 5.74. The summed E-state index contributed by atoms with van der Waals surface area (Å²) >= 11 is 0. The second kappa shape index (κ2) is 5.79. The third-order valence-corrected chi connectivity index (χ3v) is 2.93. The van der Waals surface area contributed by atoms with E-state index >= 15 is 0 Å². The van der Waals surface area contributed by atoms with Crippen molar-refractivity contribution < 1.29 is 34.5 Å². The smallest absolute Gasteiger partial charge is 0.336 e. The Balaban J connectivity index is 2.63. The zero-order valence-corrected chi connectivity index (χ0v) is 10.1. The molecule has 0 radical (unpaired) electrons. The zero-order chi connectivity index (χ0) is 14.6. The lowest BCUT2D eigenvalue weighted by Gasteiger charge is -2.21. The largest absolute Gasteiger partial charge is 0.481 e. The summed E-state index contributed by atoms with van der Waals surface area (Å²) in [5, 5.41) is 29.3. The van der Waals surface area contributed by atoms with E-state index in [1.165, 1.54) is 0 Å². The molecule has 106 valence electrons. The highest BCUT2D eigenvalue weighted by molar-refractivity contribution is 5.93. The van der Waals surface area contributed by atoms with Crippen LogP contribution in [0.25, 0.3) is 0 Å². The molecule has 0 aromatic carbocycles. The minimum atomic E-state index is -2.67. The highest BCUT2D eigenvalue weighted by atomic mass is 16.4. The fraction of sp³-hybridized carbons (Fsp3) is 0.636. The maximum Gasteiger partial charge on any atom is 0.336 e. The van der Waals surface area contributed by atoms with Crippen LogP contribution in [0.4, 0.5) is 0 Å². The molecule has 1 saturated carbocycles. The molecule has 8 nitrogen and oxygen atoms in total. The van der Waals surface area contributed by atoms with Crippen LogP contribution in [0, 0.1) is 0 Å². The molecule has 8 heteroatoms. The molecule has 1 aliphatic rings. The lowest BCUT2D eigenvalue weighted by atomic mass is 9.95. The van der Waals surface area contributed by atoms with Gasteiger partial charge in [-0.05, 0) is 12.8 Å². The van der Waals surface area contributed by atoms with E-state index in [1.54, 1.807) is 0 Å². The number of rotatable bonds is 6. The minimum absolute atomic E-state index is 0.148. The van der Waals surface area contributed by atoms with E-state index in [0.29, 0.717) is 19.3 Å². The predicted octanol–water partition coefficient (Wildman–Crippen LogP) is -1.10. The third kappa shape index (κ3) is 4.02. The second-order valence-corrected chi connectivity index (χ2v) is 4.56. The van der Waals surface area contributed by atoms with Crippen LogP contribution >= 0.6 is 0 Å². The number of carboxylic acids is 2. The van der Waals surface area contributed by atoms with Gasteiger partial charge in [-0.3, -0.25) is 14.4 Å². The van der Waals surface area contributed by atoms with Gasteiger partial charge in [0.05, 0.1) is 18.9 Å². The summed E-state index contributed by atoms with van der Waals surface area (Å²) in [6.45, 7) is 0. The summed E-state index contributed by atoms with van der Waals surface area (Å²) in [6, 6.07) is -0.671. The molecule has 2 unspecified atom stereocenters. The van der Waals surface area contributed by atoms with Crippen LogP contribution in [0.5, 0.6) is 0 Å². The summed E-state index contributed by atoms with van der Waals surface area (Å²) in [6.07, 6.45) is -0.535. The molecule has 1 amide bonds. The Morgan fingerprint density at radius 3 is 2.32 bits per heavy atom. The van der Waals surface area contributed by atoms with Crippen molar-refractivity contribution in [1.29, 1.82) is 0 Å². The van der Waals surface area contributed by atoms with Crippen LogP contribution in [0.2, 0.25) is 0 Å². The summed E-state index contributed by atoms with van der Waals surface area (Å²) in [7, 11) is 0. The van der Waals surface area contributed by atoms with E-state index in [-0.39, 0.29) is 5.78 Å². The van der Waals surface area contributed by atoms with E-state index in [0.717, 1.165) is 0 Å². The summed E-state index contributed by atoms with van der Waals surface area (Å²) < 4.78 is 0. The number of nitrogens with one attached hydrogen (secondary N) is 1. The first-order valence-corrected chi connectivity index (χ1v) is 5.74. The molecule has 19 heavy (non-hydrogen) atoms. The van der Waals surface area contributed by atoms with Crippen molar-refractivity contribution in [2.24, 2.45) is 0 Å². The number of aliphatic carboxylic acids is 2. The number of aliphatic hydroxyl groups is 1. The number of hydrogen-bond donors (Lipinski definition) is 4. The Morgan fingerprint density at radius 1 is 1.26 bits per heavy atom. The summed E-state index contributed by atoms with van der Waals surface area (Å²) in [4.78, 5) is 44.2. The molecule has 0 spiro atoms. The number of Topliss-reactive ketones (excluding diaryl/α,β-unsaturated/α-hetero) is 1. The number of carbonyl (C=O) groups is 4. The number of carboxylic acid groups (broad SMARTS) is 2. The molecule has 4 N–H and O–H groups in total. The van der Waals surface area contributed by atoms with Crippen molar-refractivity contribution in [2.45, 2.75) is 43.7 Å². The average molecular weight is 273 g/mol. The quantitative estimate of drug-likeness (QED) is 0.481. The van der Waals surface area contributed by atoms with Gasteiger partial charge in [0, 0.05) is 6.42 Å². The van der Waals surface area contributed by atoms with Gasteiger partial charge >= 0.3 is 11.9 Å². The Kier molecular flexibility index (Phi) is 4.60. The SMILES string of the molecule is O=C(O)CC(O)(CC(=O)NC1CCCC1=O)C(=O)O. The van der Waals surface area contributed by atoms with Crippen molar-refractivity contribution in [3.8, 4) is 0 Å². The van der Waals surface area contributed by atoms with Gasteiger partial charge in [0.25, 0.3) is 0 Å². The Labute approximate surface area is 108 Å². The van der Waals surface area contributed by atoms with Crippen molar-refractivity contribution in [2.75, 3.05) is 0 Å². The summed E-state index contributed by atoms with van der Waals surface area (Å²) in [5.41, 5.74) is -2.67. The van der Waals surface area contributed by atoms with Gasteiger partial charge in [0.15, 0.2) is 11.4 Å². The normalized spacial score (nSPS) is 21.7. The highest BCUT2D eigenvalue weighted by Gasteiger charge is 2.41. The zero-order valence-electron chi connectivity index (χ0n) is 10.1. The van der Waals surface area contributed by atoms with Gasteiger partial charge in [0.1, 0.15) is 0 Å². The van der Waals surface area contributed by atoms with Crippen molar-refractivity contribution in [3.05, 3.63) is 0 Å². The van der Waals surface area contributed by atoms with Crippen LogP contribution in [0.3, 0.4) is 0 Å². The standard InChI is InChI=1S/C11H15NO7/c13-7-3-1-2-6(7)12-8(14)4-11(19,10(17)18)5-9(15)16/h6,19H,1-5H2,(H,12,14)(H,15,16)(H,17,18). The van der Waals surface area contributed by atoms with Gasteiger partial charge in [0.2, 0.25) is 5.91 Å². The minimum Gasteiger partial charge on any atom is -0.481 e. The van der Waals surface area contributed by atoms with Crippen molar-refractivity contribution in [3.63, 3.8) is 0 Å².